The highest BCUT2D eigenvalue weighted by atomic mass is 16.4. The monoisotopic (exact) mass is 409 g/mol. The molecule has 0 spiro atoms. The standard InChI is InChI=1S/C21H19N3O6/c25-18(26)11-16(21(29)30)23-19(27)17(10-13-6-2-1-3-7-13)24-12-22-15-9-5-4-8-14(15)20(24)28/h1-9,12,16-17H,10-11H2,(H,23,27)(H,25,26)(H,29,30). The van der Waals surface area contributed by atoms with E-state index in [0.717, 1.165) is 10.1 Å². The smallest absolute Gasteiger partial charge is 0.326 e. The van der Waals surface area contributed by atoms with E-state index in [0.29, 0.717) is 10.9 Å². The van der Waals surface area contributed by atoms with Crippen LogP contribution in [0.15, 0.2) is 65.7 Å². The van der Waals surface area contributed by atoms with Crippen LogP contribution in [0.2, 0.25) is 0 Å². The van der Waals surface area contributed by atoms with E-state index in [9.17, 15) is 24.3 Å². The number of amides is 1. The van der Waals surface area contributed by atoms with Crippen LogP contribution in [0.1, 0.15) is 18.0 Å². The molecular formula is C21H19N3O6. The predicted molar refractivity (Wildman–Crippen MR) is 107 cm³/mol. The van der Waals surface area contributed by atoms with E-state index in [1.807, 2.05) is 0 Å². The number of hydrogen-bond donors (Lipinski definition) is 3. The minimum atomic E-state index is -1.63. The fourth-order valence-corrected chi connectivity index (χ4v) is 3.10. The number of benzene rings is 2. The molecular weight excluding hydrogens is 390 g/mol. The van der Waals surface area contributed by atoms with Gasteiger partial charge < -0.3 is 15.5 Å². The Morgan fingerprint density at radius 2 is 1.67 bits per heavy atom. The van der Waals surface area contributed by atoms with Crippen LogP contribution >= 0.6 is 0 Å². The van der Waals surface area contributed by atoms with Gasteiger partial charge in [-0.2, -0.15) is 0 Å². The van der Waals surface area contributed by atoms with E-state index in [4.69, 9.17) is 5.11 Å². The maximum absolute atomic E-state index is 13.0. The van der Waals surface area contributed by atoms with Gasteiger partial charge in [-0.05, 0) is 17.7 Å². The number of nitrogens with zero attached hydrogens (tertiary/aromatic N) is 2. The van der Waals surface area contributed by atoms with Gasteiger partial charge in [0, 0.05) is 6.42 Å². The molecule has 3 rings (SSSR count). The van der Waals surface area contributed by atoms with E-state index in [1.165, 1.54) is 6.33 Å². The molecule has 154 valence electrons. The number of carbonyl (C=O) groups excluding carboxylic acids is 1. The SMILES string of the molecule is O=C(O)CC(NC(=O)C(Cc1ccccc1)n1cnc2ccccc2c1=O)C(=O)O. The Hall–Kier alpha value is -4.01. The molecule has 0 aliphatic heterocycles. The first-order valence-corrected chi connectivity index (χ1v) is 9.11. The van der Waals surface area contributed by atoms with Gasteiger partial charge in [0.15, 0.2) is 0 Å². The van der Waals surface area contributed by atoms with Crippen molar-refractivity contribution in [1.29, 1.82) is 0 Å². The van der Waals surface area contributed by atoms with Gasteiger partial charge in [0.05, 0.1) is 23.7 Å². The van der Waals surface area contributed by atoms with Gasteiger partial charge >= 0.3 is 11.9 Å². The zero-order valence-corrected chi connectivity index (χ0v) is 15.8. The zero-order chi connectivity index (χ0) is 21.7. The van der Waals surface area contributed by atoms with Crippen molar-refractivity contribution in [3.05, 3.63) is 76.8 Å². The van der Waals surface area contributed by atoms with Gasteiger partial charge in [-0.15, -0.1) is 0 Å². The number of fused-ring (bicyclic) bond motifs is 1. The molecule has 2 atom stereocenters. The Balaban J connectivity index is 2.01. The highest BCUT2D eigenvalue weighted by Crippen LogP contribution is 2.15. The molecule has 30 heavy (non-hydrogen) atoms. The summed E-state index contributed by atoms with van der Waals surface area (Å²) in [7, 11) is 0. The second kappa shape index (κ2) is 8.99. The topological polar surface area (TPSA) is 139 Å². The van der Waals surface area contributed by atoms with Crippen LogP contribution in [-0.2, 0) is 20.8 Å². The second-order valence-corrected chi connectivity index (χ2v) is 6.68. The molecule has 0 radical (unpaired) electrons. The maximum atomic E-state index is 13.0. The van der Waals surface area contributed by atoms with Gasteiger partial charge in [-0.1, -0.05) is 42.5 Å². The van der Waals surface area contributed by atoms with Crippen LogP contribution in [-0.4, -0.2) is 43.7 Å². The molecule has 0 fully saturated rings. The average molecular weight is 409 g/mol. The first-order valence-electron chi connectivity index (χ1n) is 9.11. The van der Waals surface area contributed by atoms with Crippen molar-refractivity contribution in [3.8, 4) is 0 Å². The molecule has 1 amide bonds. The number of aromatic nitrogens is 2. The summed E-state index contributed by atoms with van der Waals surface area (Å²) in [5, 5.41) is 20.7. The Labute approximate surface area is 170 Å². The third-order valence-corrected chi connectivity index (χ3v) is 4.59. The second-order valence-electron chi connectivity index (χ2n) is 6.68. The lowest BCUT2D eigenvalue weighted by atomic mass is 10.0. The lowest BCUT2D eigenvalue weighted by Gasteiger charge is -2.22. The van der Waals surface area contributed by atoms with E-state index >= 15 is 0 Å². The number of para-hydroxylation sites is 1. The molecule has 0 aliphatic carbocycles. The fourth-order valence-electron chi connectivity index (χ4n) is 3.10. The van der Waals surface area contributed by atoms with Gasteiger partial charge in [0.2, 0.25) is 5.91 Å². The maximum Gasteiger partial charge on any atom is 0.326 e. The molecule has 0 bridgehead atoms. The summed E-state index contributed by atoms with van der Waals surface area (Å²) in [6.07, 6.45) is 0.542. The third kappa shape index (κ3) is 4.69. The molecule has 2 unspecified atom stereocenters. The zero-order valence-electron chi connectivity index (χ0n) is 15.8. The molecule has 1 heterocycles. The van der Waals surface area contributed by atoms with Gasteiger partial charge in [-0.25, -0.2) is 9.78 Å². The largest absolute Gasteiger partial charge is 0.481 e. The van der Waals surface area contributed by atoms with Crippen molar-refractivity contribution in [1.82, 2.24) is 14.9 Å². The molecule has 1 aromatic heterocycles. The summed E-state index contributed by atoms with van der Waals surface area (Å²) in [5.41, 5.74) is 0.747. The van der Waals surface area contributed by atoms with E-state index in [-0.39, 0.29) is 6.42 Å². The van der Waals surface area contributed by atoms with Gasteiger partial charge in [-0.3, -0.25) is 19.0 Å². The fraction of sp³-hybridized carbons (Fsp3) is 0.190. The van der Waals surface area contributed by atoms with Crippen LogP contribution in [0.5, 0.6) is 0 Å². The van der Waals surface area contributed by atoms with Crippen LogP contribution in [0.3, 0.4) is 0 Å². The Morgan fingerprint density at radius 3 is 2.33 bits per heavy atom. The molecule has 0 saturated heterocycles. The number of hydrogen-bond acceptors (Lipinski definition) is 5. The normalized spacial score (nSPS) is 12.8. The number of carboxylic acid groups (broad SMARTS) is 2. The average Bonchev–Trinajstić information content (AvgIpc) is 2.72. The van der Waals surface area contributed by atoms with Crippen molar-refractivity contribution >= 4 is 28.7 Å². The first-order chi connectivity index (χ1) is 14.4. The summed E-state index contributed by atoms with van der Waals surface area (Å²) < 4.78 is 1.14. The van der Waals surface area contributed by atoms with E-state index in [2.05, 4.69) is 10.3 Å². The lowest BCUT2D eigenvalue weighted by Crippen LogP contribution is -2.47. The van der Waals surface area contributed by atoms with Crippen molar-refractivity contribution in [2.45, 2.75) is 24.9 Å². The number of nitrogens with one attached hydrogen (secondary N) is 1. The third-order valence-electron chi connectivity index (χ3n) is 4.59. The van der Waals surface area contributed by atoms with Gasteiger partial charge in [0.1, 0.15) is 12.1 Å². The van der Waals surface area contributed by atoms with Crippen LogP contribution in [0.4, 0.5) is 0 Å². The molecule has 9 nitrogen and oxygen atoms in total. The predicted octanol–water partition coefficient (Wildman–Crippen LogP) is 1.22. The quantitative estimate of drug-likeness (QED) is 0.508. The highest BCUT2D eigenvalue weighted by Gasteiger charge is 2.29. The Bertz CT molecular complexity index is 1140. The van der Waals surface area contributed by atoms with Crippen molar-refractivity contribution in [2.75, 3.05) is 0 Å². The minimum Gasteiger partial charge on any atom is -0.481 e. The van der Waals surface area contributed by atoms with Crippen LogP contribution in [0.25, 0.3) is 10.9 Å². The molecule has 0 saturated carbocycles. The van der Waals surface area contributed by atoms with Gasteiger partial charge in [0.25, 0.3) is 5.56 Å². The molecule has 9 heteroatoms. The number of aliphatic carboxylic acids is 2. The number of carboxylic acids is 2. The molecule has 0 aliphatic rings. The van der Waals surface area contributed by atoms with E-state index in [1.54, 1.807) is 54.6 Å². The summed E-state index contributed by atoms with van der Waals surface area (Å²) in [6.45, 7) is 0. The molecule has 2 aromatic carbocycles. The Kier molecular flexibility index (Phi) is 6.21. The first kappa shape index (κ1) is 20.7. The number of carbonyl (C=O) groups is 3. The summed E-state index contributed by atoms with van der Waals surface area (Å²) in [4.78, 5) is 52.5. The molecule has 3 N–H and O–H groups in total. The highest BCUT2D eigenvalue weighted by molar-refractivity contribution is 5.89. The van der Waals surface area contributed by atoms with Crippen LogP contribution in [0, 0.1) is 0 Å². The minimum absolute atomic E-state index is 0.0893. The lowest BCUT2D eigenvalue weighted by molar-refractivity contribution is -0.147. The van der Waals surface area contributed by atoms with Crippen LogP contribution < -0.4 is 10.9 Å². The number of rotatable bonds is 8. The summed E-state index contributed by atoms with van der Waals surface area (Å²) in [6, 6.07) is 12.8. The Morgan fingerprint density at radius 1 is 1.00 bits per heavy atom. The van der Waals surface area contributed by atoms with Crippen molar-refractivity contribution in [3.63, 3.8) is 0 Å². The van der Waals surface area contributed by atoms with Crippen molar-refractivity contribution < 1.29 is 24.6 Å². The van der Waals surface area contributed by atoms with Crippen molar-refractivity contribution in [2.24, 2.45) is 0 Å². The summed E-state index contributed by atoms with van der Waals surface area (Å²) in [5.74, 6) is -3.63. The summed E-state index contributed by atoms with van der Waals surface area (Å²) >= 11 is 0. The molecule has 3 aromatic rings. The van der Waals surface area contributed by atoms with E-state index < -0.39 is 41.9 Å².